The average Bonchev–Trinajstić information content (AvgIpc) is 2.23. The third kappa shape index (κ3) is 3.93. The number of hydrogen-bond acceptors (Lipinski definition) is 4. The minimum atomic E-state index is -4.43. The van der Waals surface area contributed by atoms with E-state index in [0.29, 0.717) is 6.07 Å². The number of hydrogen-bond donors (Lipinski definition) is 3. The van der Waals surface area contributed by atoms with E-state index in [1.165, 1.54) is 0 Å². The van der Waals surface area contributed by atoms with Crippen LogP contribution in [0.25, 0.3) is 0 Å². The number of rotatable bonds is 5. The quantitative estimate of drug-likeness (QED) is 0.708. The Morgan fingerprint density at radius 3 is 2.47 bits per heavy atom. The van der Waals surface area contributed by atoms with Gasteiger partial charge in [-0.2, -0.15) is 0 Å². The Bertz CT molecular complexity index is 584. The first-order chi connectivity index (χ1) is 8.65. The van der Waals surface area contributed by atoms with Gasteiger partial charge in [0.05, 0.1) is 0 Å². The van der Waals surface area contributed by atoms with Crippen molar-refractivity contribution < 1.29 is 32.2 Å². The summed E-state index contributed by atoms with van der Waals surface area (Å²) >= 11 is 2.69. The van der Waals surface area contributed by atoms with E-state index in [-0.39, 0.29) is 4.47 Å². The Morgan fingerprint density at radius 1 is 1.42 bits per heavy atom. The SMILES string of the molecule is O=C(O)[C@@H](O)CNS(=O)(=O)c1c(F)cc(F)cc1Br. The van der Waals surface area contributed by atoms with Crippen molar-refractivity contribution in [2.45, 2.75) is 11.0 Å². The predicted octanol–water partition coefficient (Wildman–Crippen LogP) is 0.451. The molecule has 0 aromatic heterocycles. The lowest BCUT2D eigenvalue weighted by atomic mass is 10.3. The van der Waals surface area contributed by atoms with Crippen LogP contribution in [0.3, 0.4) is 0 Å². The maximum Gasteiger partial charge on any atom is 0.333 e. The van der Waals surface area contributed by atoms with Gasteiger partial charge in [0.1, 0.15) is 16.5 Å². The molecule has 0 bridgehead atoms. The Balaban J connectivity index is 3.05. The van der Waals surface area contributed by atoms with Crippen molar-refractivity contribution in [1.82, 2.24) is 4.72 Å². The lowest BCUT2D eigenvalue weighted by Gasteiger charge is -2.11. The van der Waals surface area contributed by atoms with Gasteiger partial charge in [0.25, 0.3) is 0 Å². The normalized spacial score (nSPS) is 13.3. The Kier molecular flexibility index (Phi) is 4.96. The molecule has 0 fully saturated rings. The van der Waals surface area contributed by atoms with Gasteiger partial charge < -0.3 is 10.2 Å². The fourth-order valence-electron chi connectivity index (χ4n) is 1.13. The number of benzene rings is 1. The first kappa shape index (κ1) is 16.0. The van der Waals surface area contributed by atoms with Gasteiger partial charge in [-0.15, -0.1) is 0 Å². The van der Waals surface area contributed by atoms with Crippen LogP contribution in [0.4, 0.5) is 8.78 Å². The number of carbonyl (C=O) groups is 1. The molecule has 1 rings (SSSR count). The van der Waals surface area contributed by atoms with Crippen molar-refractivity contribution in [3.05, 3.63) is 28.2 Å². The third-order valence-electron chi connectivity index (χ3n) is 1.98. The van der Waals surface area contributed by atoms with Crippen LogP contribution in [0.5, 0.6) is 0 Å². The van der Waals surface area contributed by atoms with Gasteiger partial charge in [-0.3, -0.25) is 0 Å². The zero-order chi connectivity index (χ0) is 14.8. The molecule has 0 saturated heterocycles. The number of aliphatic carboxylic acids is 1. The minimum Gasteiger partial charge on any atom is -0.479 e. The van der Waals surface area contributed by atoms with E-state index < -0.39 is 45.2 Å². The zero-order valence-corrected chi connectivity index (χ0v) is 11.5. The number of carboxylic acids is 1. The maximum atomic E-state index is 13.4. The van der Waals surface area contributed by atoms with Gasteiger partial charge in [0.2, 0.25) is 10.0 Å². The van der Waals surface area contributed by atoms with E-state index in [1.807, 2.05) is 0 Å². The molecular weight excluding hydrogens is 352 g/mol. The average molecular weight is 360 g/mol. The highest BCUT2D eigenvalue weighted by molar-refractivity contribution is 9.10. The molecule has 0 heterocycles. The highest BCUT2D eigenvalue weighted by atomic mass is 79.9. The molecule has 1 aromatic carbocycles. The van der Waals surface area contributed by atoms with Crippen molar-refractivity contribution in [1.29, 1.82) is 0 Å². The second-order valence-electron chi connectivity index (χ2n) is 3.40. The van der Waals surface area contributed by atoms with E-state index in [1.54, 1.807) is 4.72 Å². The van der Waals surface area contributed by atoms with E-state index in [4.69, 9.17) is 10.2 Å². The summed E-state index contributed by atoms with van der Waals surface area (Å²) in [6.07, 6.45) is -1.97. The lowest BCUT2D eigenvalue weighted by Crippen LogP contribution is -2.36. The van der Waals surface area contributed by atoms with Crippen molar-refractivity contribution in [3.63, 3.8) is 0 Å². The number of sulfonamides is 1. The molecule has 0 aliphatic heterocycles. The van der Waals surface area contributed by atoms with Crippen LogP contribution in [0.2, 0.25) is 0 Å². The van der Waals surface area contributed by atoms with Crippen molar-refractivity contribution in [2.24, 2.45) is 0 Å². The van der Waals surface area contributed by atoms with Gasteiger partial charge >= 0.3 is 5.97 Å². The first-order valence-electron chi connectivity index (χ1n) is 4.70. The molecule has 0 unspecified atom stereocenters. The fraction of sp³-hybridized carbons (Fsp3) is 0.222. The Labute approximate surface area is 115 Å². The van der Waals surface area contributed by atoms with Crippen LogP contribution in [0.1, 0.15) is 0 Å². The van der Waals surface area contributed by atoms with E-state index in [9.17, 15) is 22.0 Å². The summed E-state index contributed by atoms with van der Waals surface area (Å²) in [5.74, 6) is -3.96. The summed E-state index contributed by atoms with van der Waals surface area (Å²) in [5, 5.41) is 17.3. The monoisotopic (exact) mass is 359 g/mol. The first-order valence-corrected chi connectivity index (χ1v) is 6.98. The maximum absolute atomic E-state index is 13.4. The standard InChI is InChI=1S/C9H8BrF2NO5S/c10-5-1-4(11)2-6(12)8(5)19(17,18)13-3-7(14)9(15)16/h1-2,7,13-14H,3H2,(H,15,16)/t7-/m0/s1. The topological polar surface area (TPSA) is 104 Å². The largest absolute Gasteiger partial charge is 0.479 e. The molecule has 106 valence electrons. The molecule has 1 aromatic rings. The minimum absolute atomic E-state index is 0.359. The van der Waals surface area contributed by atoms with Gasteiger partial charge in [0.15, 0.2) is 6.10 Å². The van der Waals surface area contributed by atoms with Crippen LogP contribution in [-0.2, 0) is 14.8 Å². The number of aliphatic hydroxyl groups excluding tert-OH is 1. The van der Waals surface area contributed by atoms with Crippen LogP contribution >= 0.6 is 15.9 Å². The van der Waals surface area contributed by atoms with E-state index in [0.717, 1.165) is 6.07 Å². The van der Waals surface area contributed by atoms with Crippen molar-refractivity contribution >= 4 is 31.9 Å². The summed E-state index contributed by atoms with van der Waals surface area (Å²) in [4.78, 5) is 9.44. The lowest BCUT2D eigenvalue weighted by molar-refractivity contribution is -0.146. The van der Waals surface area contributed by atoms with E-state index >= 15 is 0 Å². The van der Waals surface area contributed by atoms with Crippen LogP contribution in [0.15, 0.2) is 21.5 Å². The molecule has 0 aliphatic rings. The van der Waals surface area contributed by atoms with Crippen LogP contribution in [0, 0.1) is 11.6 Å². The van der Waals surface area contributed by atoms with Gasteiger partial charge in [0, 0.05) is 17.1 Å². The molecule has 3 N–H and O–H groups in total. The Hall–Kier alpha value is -1.10. The van der Waals surface area contributed by atoms with Crippen LogP contribution in [-0.4, -0.2) is 37.2 Å². The molecule has 0 radical (unpaired) electrons. The van der Waals surface area contributed by atoms with E-state index in [2.05, 4.69) is 15.9 Å². The summed E-state index contributed by atoms with van der Waals surface area (Å²) in [6, 6.07) is 1.11. The summed E-state index contributed by atoms with van der Waals surface area (Å²) < 4.78 is 51.0. The molecule has 1 atom stereocenters. The number of nitrogens with one attached hydrogen (secondary N) is 1. The Morgan fingerprint density at radius 2 is 2.00 bits per heavy atom. The molecule has 10 heteroatoms. The molecule has 0 saturated carbocycles. The van der Waals surface area contributed by atoms with Gasteiger partial charge in [-0.1, -0.05) is 0 Å². The van der Waals surface area contributed by atoms with Crippen LogP contribution < -0.4 is 4.72 Å². The smallest absolute Gasteiger partial charge is 0.333 e. The summed E-state index contributed by atoms with van der Waals surface area (Å²) in [6.45, 7) is -0.846. The molecule has 0 aliphatic carbocycles. The molecule has 19 heavy (non-hydrogen) atoms. The van der Waals surface area contributed by atoms with Crippen molar-refractivity contribution in [2.75, 3.05) is 6.54 Å². The third-order valence-corrected chi connectivity index (χ3v) is 4.37. The molecule has 0 spiro atoms. The molecule has 6 nitrogen and oxygen atoms in total. The molecular formula is C9H8BrF2NO5S. The summed E-state index contributed by atoms with van der Waals surface area (Å²) in [5.41, 5.74) is 0. The number of halogens is 3. The highest BCUT2D eigenvalue weighted by Crippen LogP contribution is 2.25. The predicted molar refractivity (Wildman–Crippen MR) is 62.9 cm³/mol. The second kappa shape index (κ2) is 5.90. The van der Waals surface area contributed by atoms with Gasteiger partial charge in [-0.05, 0) is 22.0 Å². The second-order valence-corrected chi connectivity index (χ2v) is 5.96. The fourth-order valence-corrected chi connectivity index (χ4v) is 3.33. The van der Waals surface area contributed by atoms with Gasteiger partial charge in [-0.25, -0.2) is 26.7 Å². The zero-order valence-electron chi connectivity index (χ0n) is 9.10. The number of aliphatic hydroxyl groups is 1. The number of carboxylic acid groups (broad SMARTS) is 1. The molecule has 0 amide bonds. The van der Waals surface area contributed by atoms with Crippen molar-refractivity contribution in [3.8, 4) is 0 Å². The summed E-state index contributed by atoms with van der Waals surface area (Å²) in [7, 11) is -4.43. The highest BCUT2D eigenvalue weighted by Gasteiger charge is 2.25.